The monoisotopic (exact) mass is 1260 g/mol. The standard InChI is InChI=1S/C38H41F2N7O4.C28H23F2N5O4S/c1-23-14-15-25(34(48)41-21-24-10-7-6-8-11-24)20-27(23)31-28-22-42-36(49)47(32-29(39)12-9-13-30(32)40)33(28)44-35(43-31)46-18-16-26(17-19-46)45(5)37(50)51-38(2,3)4;1-16-11-12-18(26(36)31-14-17-7-4-3-5-8-17)13-19(16)23-20-15-32-28(37)35(24-21(29)9-6-10-22(24)30)25(20)34-27(33-23)40(2,38)39/h6-15,20,26H,16-19,21-22H2,1-5H3,(H,41,48)(H,42,49);3-13H,14-15H2,1-2H3,(H,31,36)(H,32,37). The molecular weight excluding hydrogens is 1200 g/mol. The Morgan fingerprint density at radius 3 is 1.47 bits per heavy atom. The van der Waals surface area contributed by atoms with Gasteiger partial charge in [-0.1, -0.05) is 84.9 Å². The highest BCUT2D eigenvalue weighted by molar-refractivity contribution is 7.90. The Morgan fingerprint density at radius 1 is 0.615 bits per heavy atom. The Labute approximate surface area is 522 Å². The van der Waals surface area contributed by atoms with Crippen LogP contribution in [0.2, 0.25) is 0 Å². The highest BCUT2D eigenvalue weighted by atomic mass is 32.2. The number of hydrogen-bond acceptors (Lipinski definition) is 13. The predicted molar refractivity (Wildman–Crippen MR) is 333 cm³/mol. The van der Waals surface area contributed by atoms with Crippen LogP contribution in [-0.2, 0) is 40.8 Å². The summed E-state index contributed by atoms with van der Waals surface area (Å²) >= 11 is 0. The third-order valence-corrected chi connectivity index (χ3v) is 16.2. The van der Waals surface area contributed by atoms with Crippen LogP contribution in [0.3, 0.4) is 0 Å². The van der Waals surface area contributed by atoms with Crippen LogP contribution in [-0.4, -0.2) is 101 Å². The highest BCUT2D eigenvalue weighted by Crippen LogP contribution is 2.42. The van der Waals surface area contributed by atoms with E-state index >= 15 is 8.78 Å². The summed E-state index contributed by atoms with van der Waals surface area (Å²) in [5.41, 5.74) is 4.22. The maximum Gasteiger partial charge on any atom is 0.410 e. The Morgan fingerprint density at radius 2 is 1.04 bits per heavy atom. The molecule has 2 aromatic heterocycles. The van der Waals surface area contributed by atoms with Gasteiger partial charge in [0.15, 0.2) is 11.6 Å². The van der Waals surface area contributed by atoms with Crippen molar-refractivity contribution in [3.8, 4) is 22.5 Å². The first-order valence-electron chi connectivity index (χ1n) is 29.0. The topological polar surface area (TPSA) is 241 Å². The van der Waals surface area contributed by atoms with Crippen molar-refractivity contribution in [2.45, 2.75) is 90.4 Å². The van der Waals surface area contributed by atoms with E-state index in [0.29, 0.717) is 77.4 Å². The number of carbonyl (C=O) groups excluding carboxylic acids is 5. The van der Waals surface area contributed by atoms with Crippen LogP contribution in [0.5, 0.6) is 0 Å². The quantitative estimate of drug-likeness (QED) is 0.0621. The SMILES string of the molecule is Cc1ccc(C(=O)NCc2ccccc2)cc1-c1nc(N2CCC(N(C)C(=O)OC(C)(C)C)CC2)nc2c1CNC(=O)N2c1c(F)cccc1F.Cc1ccc(C(=O)NCc2ccccc2)cc1-c1nc(S(C)(=O)=O)nc2c1CNC(=O)N2c1c(F)cccc1F. The lowest BCUT2D eigenvalue weighted by Crippen LogP contribution is -2.48. The summed E-state index contributed by atoms with van der Waals surface area (Å²) in [5.74, 6) is -4.61. The van der Waals surface area contributed by atoms with E-state index in [1.165, 1.54) is 6.07 Å². The average Bonchev–Trinajstić information content (AvgIpc) is 0.795. The van der Waals surface area contributed by atoms with Crippen LogP contribution >= 0.6 is 0 Å². The molecule has 25 heteroatoms. The summed E-state index contributed by atoms with van der Waals surface area (Å²) in [4.78, 5) is 88.6. The van der Waals surface area contributed by atoms with E-state index in [1.807, 2.05) is 99.3 Å². The van der Waals surface area contributed by atoms with Crippen LogP contribution in [0.4, 0.5) is 60.9 Å². The normalized spacial score (nSPS) is 14.0. The number of carbonyl (C=O) groups is 5. The minimum atomic E-state index is -4.04. The van der Waals surface area contributed by atoms with Crippen LogP contribution in [0.15, 0.2) is 139 Å². The molecule has 8 aromatic rings. The lowest BCUT2D eigenvalue weighted by Gasteiger charge is -2.38. The van der Waals surface area contributed by atoms with Gasteiger partial charge in [-0.3, -0.25) is 9.59 Å². The number of halogens is 4. The van der Waals surface area contributed by atoms with Gasteiger partial charge in [-0.2, -0.15) is 9.97 Å². The zero-order valence-electron chi connectivity index (χ0n) is 50.7. The summed E-state index contributed by atoms with van der Waals surface area (Å²) in [6, 6.07) is 33.7. The summed E-state index contributed by atoms with van der Waals surface area (Å²) in [7, 11) is -2.32. The number of nitrogens with one attached hydrogen (secondary N) is 4. The number of ether oxygens (including phenoxy) is 1. The molecular formula is C66H64F4N12O8S. The molecule has 0 bridgehead atoms. The van der Waals surface area contributed by atoms with Gasteiger partial charge >= 0.3 is 18.2 Å². The summed E-state index contributed by atoms with van der Waals surface area (Å²) in [6.07, 6.45) is 1.63. The molecule has 470 valence electrons. The van der Waals surface area contributed by atoms with Crippen LogP contribution < -0.4 is 36.0 Å². The fourth-order valence-electron chi connectivity index (χ4n) is 10.6. The van der Waals surface area contributed by atoms with E-state index < -0.39 is 73.4 Å². The summed E-state index contributed by atoms with van der Waals surface area (Å²) in [6.45, 7) is 10.5. The van der Waals surface area contributed by atoms with E-state index in [2.05, 4.69) is 31.2 Å². The number of fused-ring (bicyclic) bond motifs is 2. The minimum absolute atomic E-state index is 0.0109. The van der Waals surface area contributed by atoms with Crippen molar-refractivity contribution < 1.29 is 54.7 Å². The fraction of sp³-hybridized carbons (Fsp3) is 0.258. The number of hydrogen-bond donors (Lipinski definition) is 4. The molecule has 20 nitrogen and oxygen atoms in total. The number of piperidine rings is 1. The van der Waals surface area contributed by atoms with E-state index in [0.717, 1.165) is 58.2 Å². The molecule has 1 saturated heterocycles. The third kappa shape index (κ3) is 14.1. The van der Waals surface area contributed by atoms with Gasteiger partial charge in [0.25, 0.3) is 11.8 Å². The largest absolute Gasteiger partial charge is 0.444 e. The van der Waals surface area contributed by atoms with Crippen LogP contribution in [0.1, 0.15) is 87.7 Å². The molecule has 91 heavy (non-hydrogen) atoms. The molecule has 5 heterocycles. The molecule has 0 unspecified atom stereocenters. The molecule has 6 aromatic carbocycles. The zero-order chi connectivity index (χ0) is 65.1. The number of urea groups is 2. The highest BCUT2D eigenvalue weighted by Gasteiger charge is 2.38. The number of rotatable bonds is 13. The lowest BCUT2D eigenvalue weighted by atomic mass is 9.97. The fourth-order valence-corrected chi connectivity index (χ4v) is 11.1. The van der Waals surface area contributed by atoms with Gasteiger partial charge in [-0.05, 0) is 118 Å². The van der Waals surface area contributed by atoms with E-state index in [4.69, 9.17) is 14.7 Å². The lowest BCUT2D eigenvalue weighted by molar-refractivity contribution is 0.0200. The Bertz CT molecular complexity index is 4230. The Balaban J connectivity index is 0.000000206. The molecule has 11 rings (SSSR count). The number of amides is 7. The number of aryl methyl sites for hydroxylation is 2. The third-order valence-electron chi connectivity index (χ3n) is 15.3. The van der Waals surface area contributed by atoms with Gasteiger partial charge in [-0.15, -0.1) is 0 Å². The van der Waals surface area contributed by atoms with Crippen molar-refractivity contribution in [2.24, 2.45) is 0 Å². The minimum Gasteiger partial charge on any atom is -0.444 e. The molecule has 0 aliphatic carbocycles. The van der Waals surface area contributed by atoms with Gasteiger partial charge < -0.3 is 35.8 Å². The summed E-state index contributed by atoms with van der Waals surface area (Å²) < 4.78 is 90.9. The first-order chi connectivity index (χ1) is 43.3. The number of anilines is 5. The Kier molecular flexibility index (Phi) is 18.5. The van der Waals surface area contributed by atoms with E-state index in [-0.39, 0.29) is 65.4 Å². The zero-order valence-corrected chi connectivity index (χ0v) is 51.5. The van der Waals surface area contributed by atoms with E-state index in [1.54, 1.807) is 49.2 Å². The number of sulfone groups is 1. The number of para-hydroxylation sites is 2. The maximum atomic E-state index is 15.3. The van der Waals surface area contributed by atoms with Crippen molar-refractivity contribution in [3.05, 3.63) is 201 Å². The van der Waals surface area contributed by atoms with Crippen molar-refractivity contribution >= 4 is 68.8 Å². The Hall–Kier alpha value is -10.3. The van der Waals surface area contributed by atoms with Crippen LogP contribution in [0, 0.1) is 37.1 Å². The van der Waals surface area contributed by atoms with Gasteiger partial charge in [0, 0.05) is 78.9 Å². The first-order valence-corrected chi connectivity index (χ1v) is 30.9. The van der Waals surface area contributed by atoms with Gasteiger partial charge in [0.1, 0.15) is 40.2 Å². The molecule has 0 saturated carbocycles. The molecule has 0 spiro atoms. The average molecular weight is 1260 g/mol. The second kappa shape index (κ2) is 26.4. The van der Waals surface area contributed by atoms with Crippen molar-refractivity contribution in [3.63, 3.8) is 0 Å². The smallest absolute Gasteiger partial charge is 0.410 e. The maximum absolute atomic E-state index is 15.3. The van der Waals surface area contributed by atoms with Gasteiger partial charge in [0.05, 0.1) is 24.5 Å². The molecule has 3 aliphatic rings. The molecule has 1 fully saturated rings. The first kappa shape index (κ1) is 63.7. The predicted octanol–water partition coefficient (Wildman–Crippen LogP) is 11.3. The van der Waals surface area contributed by atoms with Crippen molar-refractivity contribution in [1.82, 2.24) is 46.1 Å². The van der Waals surface area contributed by atoms with Crippen molar-refractivity contribution in [1.29, 1.82) is 0 Å². The number of nitrogens with zero attached hydrogens (tertiary/aromatic N) is 8. The second-order valence-electron chi connectivity index (χ2n) is 22.9. The molecule has 3 aliphatic heterocycles. The number of benzene rings is 6. The number of aromatic nitrogens is 4. The molecule has 0 radical (unpaired) electrons. The van der Waals surface area contributed by atoms with E-state index in [9.17, 15) is 41.2 Å². The molecule has 0 atom stereocenters. The van der Waals surface area contributed by atoms with Crippen molar-refractivity contribution in [2.75, 3.05) is 41.1 Å². The molecule has 4 N–H and O–H groups in total. The van der Waals surface area contributed by atoms with Gasteiger partial charge in [-0.25, -0.2) is 60.1 Å². The van der Waals surface area contributed by atoms with Crippen LogP contribution in [0.25, 0.3) is 22.5 Å². The second-order valence-corrected chi connectivity index (χ2v) is 24.8. The summed E-state index contributed by atoms with van der Waals surface area (Å²) in [5, 5.41) is 10.4. The molecule has 7 amide bonds. The van der Waals surface area contributed by atoms with Gasteiger partial charge in [0.2, 0.25) is 20.9 Å².